The molecule has 1 aromatic heterocycles. The van der Waals surface area contributed by atoms with Crippen molar-refractivity contribution in [2.75, 3.05) is 37.6 Å². The van der Waals surface area contributed by atoms with E-state index in [4.69, 9.17) is 0 Å². The van der Waals surface area contributed by atoms with Crippen LogP contribution in [0.4, 0.5) is 5.13 Å². The Morgan fingerprint density at radius 2 is 2.18 bits per heavy atom. The van der Waals surface area contributed by atoms with Crippen LogP contribution in [-0.4, -0.2) is 54.1 Å². The fraction of sp³-hybridized carbons (Fsp3) is 0.667. The van der Waals surface area contributed by atoms with E-state index in [-0.39, 0.29) is 11.8 Å². The van der Waals surface area contributed by atoms with Crippen LogP contribution >= 0.6 is 11.3 Å². The van der Waals surface area contributed by atoms with Crippen molar-refractivity contribution in [3.05, 3.63) is 11.6 Å². The summed E-state index contributed by atoms with van der Waals surface area (Å²) in [6.45, 7) is 9.41. The molecule has 2 heterocycles. The summed E-state index contributed by atoms with van der Waals surface area (Å²) in [6, 6.07) is 2.21. The molecule has 1 amide bonds. The van der Waals surface area contributed by atoms with Gasteiger partial charge in [-0.15, -0.1) is 11.3 Å². The van der Waals surface area contributed by atoms with Crippen LogP contribution in [0, 0.1) is 17.2 Å². The smallest absolute Gasteiger partial charge is 0.235 e. The number of nitriles is 1. The Morgan fingerprint density at radius 3 is 2.68 bits per heavy atom. The van der Waals surface area contributed by atoms with E-state index >= 15 is 0 Å². The zero-order chi connectivity index (χ0) is 16.2. The second-order valence-corrected chi connectivity index (χ2v) is 6.97. The second kappa shape index (κ2) is 7.07. The van der Waals surface area contributed by atoms with Gasteiger partial charge in [-0.25, -0.2) is 4.98 Å². The van der Waals surface area contributed by atoms with Gasteiger partial charge in [0.1, 0.15) is 5.54 Å². The minimum Gasteiger partial charge on any atom is -0.346 e. The maximum absolute atomic E-state index is 12.2. The van der Waals surface area contributed by atoms with Crippen molar-refractivity contribution in [2.24, 2.45) is 5.92 Å². The molecule has 0 bridgehead atoms. The normalized spacial score (nSPS) is 18.8. The number of thiazole rings is 1. The molecule has 1 N–H and O–H groups in total. The van der Waals surface area contributed by atoms with E-state index in [0.717, 1.165) is 31.3 Å². The molecule has 2 rings (SSSR count). The van der Waals surface area contributed by atoms with Crippen molar-refractivity contribution in [1.29, 1.82) is 5.26 Å². The highest BCUT2D eigenvalue weighted by molar-refractivity contribution is 7.13. The van der Waals surface area contributed by atoms with Crippen LogP contribution < -0.4 is 10.2 Å². The summed E-state index contributed by atoms with van der Waals surface area (Å²) in [5.74, 6) is -0.0105. The maximum Gasteiger partial charge on any atom is 0.235 e. The first-order valence-corrected chi connectivity index (χ1v) is 8.41. The number of nitrogens with zero attached hydrogens (tertiary/aromatic N) is 4. The highest BCUT2D eigenvalue weighted by Crippen LogP contribution is 2.19. The molecule has 0 spiro atoms. The average Bonchev–Trinajstić information content (AvgIpc) is 3.01. The molecule has 22 heavy (non-hydrogen) atoms. The van der Waals surface area contributed by atoms with Gasteiger partial charge < -0.3 is 10.2 Å². The largest absolute Gasteiger partial charge is 0.346 e. The lowest BCUT2D eigenvalue weighted by atomic mass is 9.90. The van der Waals surface area contributed by atoms with Gasteiger partial charge in [0.05, 0.1) is 12.6 Å². The molecule has 1 atom stereocenters. The third kappa shape index (κ3) is 3.96. The maximum atomic E-state index is 12.2. The van der Waals surface area contributed by atoms with Gasteiger partial charge in [0.25, 0.3) is 0 Å². The molecule has 0 aromatic carbocycles. The molecule has 1 aromatic rings. The number of piperazine rings is 1. The highest BCUT2D eigenvalue weighted by Gasteiger charge is 2.30. The highest BCUT2D eigenvalue weighted by atomic mass is 32.1. The van der Waals surface area contributed by atoms with Gasteiger partial charge in [-0.1, -0.05) is 13.8 Å². The third-order valence-corrected chi connectivity index (χ3v) is 5.05. The topological polar surface area (TPSA) is 72.3 Å². The van der Waals surface area contributed by atoms with E-state index < -0.39 is 5.54 Å². The number of aromatic nitrogens is 1. The summed E-state index contributed by atoms with van der Waals surface area (Å²) in [4.78, 5) is 20.9. The zero-order valence-corrected chi connectivity index (χ0v) is 14.2. The Hall–Kier alpha value is -1.65. The molecule has 1 fully saturated rings. The summed E-state index contributed by atoms with van der Waals surface area (Å²) in [6.07, 6.45) is 1.81. The first-order chi connectivity index (χ1) is 10.4. The molecule has 1 aliphatic heterocycles. The van der Waals surface area contributed by atoms with Crippen molar-refractivity contribution in [3.63, 3.8) is 0 Å². The van der Waals surface area contributed by atoms with Gasteiger partial charge >= 0.3 is 0 Å². The van der Waals surface area contributed by atoms with E-state index in [2.05, 4.69) is 26.2 Å². The van der Waals surface area contributed by atoms with E-state index in [0.29, 0.717) is 6.54 Å². The van der Waals surface area contributed by atoms with Crippen molar-refractivity contribution in [3.8, 4) is 6.07 Å². The van der Waals surface area contributed by atoms with Gasteiger partial charge in [0.15, 0.2) is 5.13 Å². The zero-order valence-electron chi connectivity index (χ0n) is 13.4. The van der Waals surface area contributed by atoms with Crippen LogP contribution in [0.2, 0.25) is 0 Å². The predicted octanol–water partition coefficient (Wildman–Crippen LogP) is 1.32. The molecular formula is C15H23N5OS. The molecule has 120 valence electrons. The SMILES string of the molecule is CC(C)[C@@](C)(C#N)NC(=O)CN1CCN(c2nccs2)CC1. The Balaban J connectivity index is 1.81. The number of carbonyl (C=O) groups is 1. The Bertz CT molecular complexity index is 531. The van der Waals surface area contributed by atoms with Crippen LogP contribution in [-0.2, 0) is 4.79 Å². The first kappa shape index (κ1) is 16.7. The molecular weight excluding hydrogens is 298 g/mol. The number of rotatable bonds is 5. The second-order valence-electron chi connectivity index (χ2n) is 6.09. The average molecular weight is 321 g/mol. The standard InChI is InChI=1S/C15H23N5OS/c1-12(2)15(3,11-16)18-13(21)10-19-5-7-20(8-6-19)14-17-4-9-22-14/h4,9,12H,5-8,10H2,1-3H3,(H,18,21)/t15-/m1/s1. The van der Waals surface area contributed by atoms with E-state index in [1.54, 1.807) is 18.3 Å². The number of hydrogen-bond acceptors (Lipinski definition) is 6. The van der Waals surface area contributed by atoms with E-state index in [1.165, 1.54) is 0 Å². The number of carbonyl (C=O) groups excluding carboxylic acids is 1. The summed E-state index contributed by atoms with van der Waals surface area (Å²) >= 11 is 1.64. The summed E-state index contributed by atoms with van der Waals surface area (Å²) < 4.78 is 0. The van der Waals surface area contributed by atoms with Crippen LogP contribution in [0.25, 0.3) is 0 Å². The van der Waals surface area contributed by atoms with Crippen LogP contribution in [0.3, 0.4) is 0 Å². The Kier molecular flexibility index (Phi) is 5.37. The summed E-state index contributed by atoms with van der Waals surface area (Å²) in [5.41, 5.74) is -0.806. The van der Waals surface area contributed by atoms with Crippen LogP contribution in [0.1, 0.15) is 20.8 Å². The van der Waals surface area contributed by atoms with Gasteiger partial charge in [-0.05, 0) is 12.8 Å². The summed E-state index contributed by atoms with van der Waals surface area (Å²) in [5, 5.41) is 15.1. The van der Waals surface area contributed by atoms with Crippen LogP contribution in [0.15, 0.2) is 11.6 Å². The quantitative estimate of drug-likeness (QED) is 0.885. The van der Waals surface area contributed by atoms with Gasteiger partial charge in [0, 0.05) is 37.8 Å². The van der Waals surface area contributed by atoms with E-state index in [1.807, 2.05) is 25.4 Å². The molecule has 6 nitrogen and oxygen atoms in total. The lowest BCUT2D eigenvalue weighted by Gasteiger charge is -2.35. The van der Waals surface area contributed by atoms with Crippen LogP contribution in [0.5, 0.6) is 0 Å². The molecule has 0 saturated carbocycles. The Morgan fingerprint density at radius 1 is 1.50 bits per heavy atom. The first-order valence-electron chi connectivity index (χ1n) is 7.53. The fourth-order valence-electron chi connectivity index (χ4n) is 2.30. The van der Waals surface area contributed by atoms with Crippen molar-refractivity contribution in [2.45, 2.75) is 26.3 Å². The van der Waals surface area contributed by atoms with Gasteiger partial charge in [-0.3, -0.25) is 9.69 Å². The number of hydrogen-bond donors (Lipinski definition) is 1. The molecule has 1 saturated heterocycles. The predicted molar refractivity (Wildman–Crippen MR) is 87.8 cm³/mol. The molecule has 0 aliphatic carbocycles. The molecule has 1 aliphatic rings. The van der Waals surface area contributed by atoms with Crippen molar-refractivity contribution < 1.29 is 4.79 Å². The number of nitrogens with one attached hydrogen (secondary N) is 1. The minimum absolute atomic E-state index is 0.0724. The monoisotopic (exact) mass is 321 g/mol. The van der Waals surface area contributed by atoms with Gasteiger partial charge in [0.2, 0.25) is 5.91 Å². The Labute approximate surface area is 135 Å². The van der Waals surface area contributed by atoms with Crippen molar-refractivity contribution >= 4 is 22.4 Å². The fourth-order valence-corrected chi connectivity index (χ4v) is 3.00. The third-order valence-electron chi connectivity index (χ3n) is 4.22. The summed E-state index contributed by atoms with van der Waals surface area (Å²) in [7, 11) is 0. The molecule has 7 heteroatoms. The lowest BCUT2D eigenvalue weighted by molar-refractivity contribution is -0.124. The molecule has 0 radical (unpaired) electrons. The lowest BCUT2D eigenvalue weighted by Crippen LogP contribution is -2.54. The number of anilines is 1. The van der Waals surface area contributed by atoms with E-state index in [9.17, 15) is 10.1 Å². The van der Waals surface area contributed by atoms with Gasteiger partial charge in [-0.2, -0.15) is 5.26 Å². The molecule has 0 unspecified atom stereocenters. The minimum atomic E-state index is -0.806. The number of amides is 1. The van der Waals surface area contributed by atoms with Crippen molar-refractivity contribution in [1.82, 2.24) is 15.2 Å².